The summed E-state index contributed by atoms with van der Waals surface area (Å²) in [6.07, 6.45) is -17.2. The molecule has 2 aliphatic heterocycles. The van der Waals surface area contributed by atoms with Gasteiger partial charge < -0.3 is 52.8 Å². The topological polar surface area (TPSA) is 209 Å². The normalized spacial score (nSPS) is 24.0. The van der Waals surface area contributed by atoms with Crippen LogP contribution >= 0.6 is 0 Å². The van der Waals surface area contributed by atoms with Crippen LogP contribution in [0.5, 0.6) is 0 Å². The first kappa shape index (κ1) is 48.9. The smallest absolute Gasteiger partial charge is 0.338 e. The Balaban J connectivity index is 1.20. The number of hydrogen-bond acceptors (Lipinski definition) is 16. The second-order valence-electron chi connectivity index (χ2n) is 16.1. The number of aliphatic hydroxyl groups excluding tert-OH is 2. The summed E-state index contributed by atoms with van der Waals surface area (Å²) in [5.41, 5.74) is 1.32. The molecule has 0 aromatic heterocycles. The fourth-order valence-corrected chi connectivity index (χ4v) is 7.68. The predicted molar refractivity (Wildman–Crippen MR) is 246 cm³/mol. The monoisotopic (exact) mass is 952 g/mol. The van der Waals surface area contributed by atoms with Crippen LogP contribution < -0.4 is 0 Å². The zero-order valence-electron chi connectivity index (χ0n) is 37.3. The van der Waals surface area contributed by atoms with E-state index in [1.54, 1.807) is 115 Å². The molecule has 2 heterocycles. The Kier molecular flexibility index (Phi) is 16.5. The summed E-state index contributed by atoms with van der Waals surface area (Å²) in [5, 5.41) is 23.3. The highest BCUT2D eigenvalue weighted by Gasteiger charge is 2.56. The molecule has 0 saturated carbocycles. The van der Waals surface area contributed by atoms with Crippen LogP contribution in [0.15, 0.2) is 182 Å². The lowest BCUT2D eigenvalue weighted by atomic mass is 9.96. The Morgan fingerprint density at radius 3 is 1.19 bits per heavy atom. The Bertz CT molecular complexity index is 2640. The summed E-state index contributed by atoms with van der Waals surface area (Å²) in [6.45, 7) is -1.36. The van der Waals surface area contributed by atoms with E-state index < -0.39 is 104 Å². The standard InChI is InChI=1S/C54H48O16/c55-42-40(32-62-48(57)35-21-9-2-10-22-35)65-54(45(43(42)56)67-50(59)37-25-13-4-14-26-37)70-44-41(33-63-49(58)36-23-11-3-12-24-36)66-53(64-31-34-19-7-1-8-20-34)47(69-52(61)39-29-17-6-18-30-39)46(44)68-51(60)38-27-15-5-16-28-38/h1-30,40-47,53-56H,31-33H2. The van der Waals surface area contributed by atoms with Gasteiger partial charge in [0.1, 0.15) is 43.7 Å². The van der Waals surface area contributed by atoms with Crippen molar-refractivity contribution in [1.29, 1.82) is 0 Å². The molecule has 2 N–H and O–H groups in total. The van der Waals surface area contributed by atoms with E-state index in [-0.39, 0.29) is 34.4 Å². The van der Waals surface area contributed by atoms with Crippen LogP contribution in [0.25, 0.3) is 0 Å². The van der Waals surface area contributed by atoms with Crippen molar-refractivity contribution in [2.45, 2.75) is 68.0 Å². The third-order valence-electron chi connectivity index (χ3n) is 11.3. The molecule has 0 aliphatic carbocycles. The van der Waals surface area contributed by atoms with E-state index >= 15 is 0 Å². The molecule has 10 atom stereocenters. The van der Waals surface area contributed by atoms with Gasteiger partial charge >= 0.3 is 29.8 Å². The maximum Gasteiger partial charge on any atom is 0.338 e. The lowest BCUT2D eigenvalue weighted by Gasteiger charge is -2.48. The number of benzene rings is 6. The first-order valence-electron chi connectivity index (χ1n) is 22.3. The number of rotatable bonds is 17. The zero-order chi connectivity index (χ0) is 48.8. The quantitative estimate of drug-likeness (QED) is 0.0776. The summed E-state index contributed by atoms with van der Waals surface area (Å²) >= 11 is 0. The largest absolute Gasteiger partial charge is 0.459 e. The fraction of sp³-hybridized carbons (Fsp3) is 0.241. The van der Waals surface area contributed by atoms with Crippen LogP contribution in [0.3, 0.4) is 0 Å². The Labute approximate surface area is 402 Å². The molecule has 8 rings (SSSR count). The van der Waals surface area contributed by atoms with E-state index in [9.17, 15) is 34.2 Å². The molecule has 16 nitrogen and oxygen atoms in total. The minimum Gasteiger partial charge on any atom is -0.459 e. The van der Waals surface area contributed by atoms with E-state index in [1.807, 2.05) is 6.07 Å². The second-order valence-corrected chi connectivity index (χ2v) is 16.1. The van der Waals surface area contributed by atoms with Crippen molar-refractivity contribution in [2.24, 2.45) is 0 Å². The van der Waals surface area contributed by atoms with E-state index in [4.69, 9.17) is 42.6 Å². The van der Waals surface area contributed by atoms with Crippen LogP contribution in [0.2, 0.25) is 0 Å². The molecule has 2 saturated heterocycles. The highest BCUT2D eigenvalue weighted by molar-refractivity contribution is 5.91. The maximum absolute atomic E-state index is 14.3. The molecule has 6 aromatic rings. The summed E-state index contributed by atoms with van der Waals surface area (Å²) in [7, 11) is 0. The summed E-state index contributed by atoms with van der Waals surface area (Å²) < 4.78 is 55.5. The second kappa shape index (κ2) is 23.6. The number of carbonyl (C=O) groups excluding carboxylic acids is 5. The molecule has 0 bridgehead atoms. The molecular weight excluding hydrogens is 905 g/mol. The molecule has 360 valence electrons. The van der Waals surface area contributed by atoms with Crippen molar-refractivity contribution in [3.63, 3.8) is 0 Å². The zero-order valence-corrected chi connectivity index (χ0v) is 37.3. The van der Waals surface area contributed by atoms with Crippen LogP contribution in [-0.4, -0.2) is 115 Å². The first-order chi connectivity index (χ1) is 34.1. The van der Waals surface area contributed by atoms with Crippen molar-refractivity contribution < 1.29 is 76.8 Å². The van der Waals surface area contributed by atoms with Crippen molar-refractivity contribution >= 4 is 29.8 Å². The third-order valence-corrected chi connectivity index (χ3v) is 11.3. The minimum atomic E-state index is -1.97. The summed E-state index contributed by atoms with van der Waals surface area (Å²) in [4.78, 5) is 68.7. The van der Waals surface area contributed by atoms with E-state index in [0.29, 0.717) is 5.56 Å². The molecule has 10 unspecified atom stereocenters. The highest BCUT2D eigenvalue weighted by Crippen LogP contribution is 2.35. The van der Waals surface area contributed by atoms with Crippen LogP contribution in [0.4, 0.5) is 0 Å². The lowest BCUT2D eigenvalue weighted by molar-refractivity contribution is -0.358. The van der Waals surface area contributed by atoms with Crippen molar-refractivity contribution in [1.82, 2.24) is 0 Å². The Morgan fingerprint density at radius 2 is 0.743 bits per heavy atom. The van der Waals surface area contributed by atoms with Gasteiger partial charge in [-0.3, -0.25) is 0 Å². The van der Waals surface area contributed by atoms with Crippen LogP contribution in [-0.2, 0) is 49.2 Å². The van der Waals surface area contributed by atoms with E-state index in [0.717, 1.165) is 0 Å². The number of ether oxygens (including phenoxy) is 9. The maximum atomic E-state index is 14.3. The van der Waals surface area contributed by atoms with Gasteiger partial charge in [0.15, 0.2) is 30.9 Å². The molecule has 2 aliphatic rings. The van der Waals surface area contributed by atoms with Crippen molar-refractivity contribution in [2.75, 3.05) is 13.2 Å². The van der Waals surface area contributed by atoms with Gasteiger partial charge in [-0.2, -0.15) is 0 Å². The molecule has 0 amide bonds. The van der Waals surface area contributed by atoms with Crippen LogP contribution in [0.1, 0.15) is 57.4 Å². The third kappa shape index (κ3) is 12.4. The molecule has 0 radical (unpaired) electrons. The Morgan fingerprint density at radius 1 is 0.386 bits per heavy atom. The number of aliphatic hydroxyl groups is 2. The van der Waals surface area contributed by atoms with Gasteiger partial charge in [0, 0.05) is 0 Å². The van der Waals surface area contributed by atoms with Crippen molar-refractivity contribution in [3.05, 3.63) is 215 Å². The first-order valence-corrected chi connectivity index (χ1v) is 22.3. The minimum absolute atomic E-state index is 0.0644. The molecule has 16 heteroatoms. The summed E-state index contributed by atoms with van der Waals surface area (Å²) in [6, 6.07) is 48.7. The van der Waals surface area contributed by atoms with Gasteiger partial charge in [-0.05, 0) is 66.2 Å². The number of esters is 5. The van der Waals surface area contributed by atoms with E-state index in [2.05, 4.69) is 0 Å². The molecule has 2 fully saturated rings. The number of hydrogen-bond donors (Lipinski definition) is 2. The van der Waals surface area contributed by atoms with Gasteiger partial charge in [-0.1, -0.05) is 121 Å². The van der Waals surface area contributed by atoms with Gasteiger partial charge in [0.05, 0.1) is 34.4 Å². The van der Waals surface area contributed by atoms with Gasteiger partial charge in [-0.15, -0.1) is 0 Å². The van der Waals surface area contributed by atoms with Gasteiger partial charge in [-0.25, -0.2) is 24.0 Å². The molecule has 0 spiro atoms. The summed E-state index contributed by atoms with van der Waals surface area (Å²) in [5.74, 6) is -4.30. The Hall–Kier alpha value is -7.57. The van der Waals surface area contributed by atoms with Gasteiger partial charge in [0.25, 0.3) is 0 Å². The molecule has 70 heavy (non-hydrogen) atoms. The van der Waals surface area contributed by atoms with E-state index in [1.165, 1.54) is 60.7 Å². The van der Waals surface area contributed by atoms with Gasteiger partial charge in [0.2, 0.25) is 0 Å². The molecule has 6 aromatic carbocycles. The average Bonchev–Trinajstić information content (AvgIpc) is 3.41. The molecular formula is C54H48O16. The predicted octanol–water partition coefficient (Wildman–Crippen LogP) is 6.15. The average molecular weight is 953 g/mol. The lowest BCUT2D eigenvalue weighted by Crippen LogP contribution is -2.66. The van der Waals surface area contributed by atoms with Crippen molar-refractivity contribution in [3.8, 4) is 0 Å². The van der Waals surface area contributed by atoms with Crippen LogP contribution in [0, 0.1) is 0 Å². The fourth-order valence-electron chi connectivity index (χ4n) is 7.68. The SMILES string of the molecule is O=C(OCC1OC(OC2C(COC(=O)c3ccccc3)OC(OCc3ccccc3)C(OC(=O)c3ccccc3)C2OC(=O)c2ccccc2)C(OC(=O)c2ccccc2)C(O)C1O)c1ccccc1. The number of carbonyl (C=O) groups is 5. The highest BCUT2D eigenvalue weighted by atomic mass is 16.8.